The maximum atomic E-state index is 12.1. The topological polar surface area (TPSA) is 108 Å². The third-order valence-corrected chi connectivity index (χ3v) is 2.79. The van der Waals surface area contributed by atoms with Crippen LogP contribution in [-0.4, -0.2) is 47.0 Å². The molecule has 2 saturated heterocycles. The molecule has 2 fully saturated rings. The number of barbiturate groups is 1. The Morgan fingerprint density at radius 2 is 1.85 bits per heavy atom. The number of nitrogens with one attached hydrogen (secondary N) is 2. The van der Waals surface area contributed by atoms with Gasteiger partial charge in [0.1, 0.15) is 5.71 Å². The summed E-state index contributed by atoms with van der Waals surface area (Å²) in [5.74, 6) is -2.25. The molecule has 2 N–H and O–H groups in total. The number of hydrogen-bond donors (Lipinski definition) is 2. The van der Waals surface area contributed by atoms with Crippen LogP contribution in [0.4, 0.5) is 4.79 Å². The smallest absolute Gasteiger partial charge is 0.313 e. The van der Waals surface area contributed by atoms with E-state index in [0.29, 0.717) is 5.57 Å². The lowest BCUT2D eigenvalue weighted by Crippen LogP contribution is -2.64. The molecule has 20 heavy (non-hydrogen) atoms. The summed E-state index contributed by atoms with van der Waals surface area (Å²) >= 11 is 0. The van der Waals surface area contributed by atoms with E-state index in [2.05, 4.69) is 11.6 Å². The summed E-state index contributed by atoms with van der Waals surface area (Å²) in [5.41, 5.74) is 0.506. The lowest BCUT2D eigenvalue weighted by Gasteiger charge is -2.27. The van der Waals surface area contributed by atoms with Crippen LogP contribution in [0.5, 0.6) is 0 Å². The second-order valence-electron chi connectivity index (χ2n) is 4.21. The van der Waals surface area contributed by atoms with Gasteiger partial charge in [0.05, 0.1) is 0 Å². The highest BCUT2D eigenvalue weighted by Crippen LogP contribution is 2.18. The van der Waals surface area contributed by atoms with Gasteiger partial charge in [-0.05, 0) is 12.5 Å². The van der Waals surface area contributed by atoms with Crippen molar-refractivity contribution >= 4 is 29.5 Å². The van der Waals surface area contributed by atoms with E-state index in [0.717, 1.165) is 4.90 Å². The van der Waals surface area contributed by atoms with E-state index in [9.17, 15) is 19.2 Å². The fourth-order valence-electron chi connectivity index (χ4n) is 1.94. The fourth-order valence-corrected chi connectivity index (χ4v) is 1.94. The monoisotopic (exact) mass is 276 g/mol. The minimum Gasteiger partial charge on any atom is -0.313 e. The number of nitrogens with zero attached hydrogens (tertiary/aromatic N) is 2. The van der Waals surface area contributed by atoms with Gasteiger partial charge < -0.3 is 4.90 Å². The van der Waals surface area contributed by atoms with Gasteiger partial charge in [0.25, 0.3) is 17.7 Å². The minimum atomic E-state index is -1.39. The summed E-state index contributed by atoms with van der Waals surface area (Å²) in [6, 6.07) is -2.29. The first kappa shape index (κ1) is 13.7. The molecular formula is C12H12N4O4. The molecule has 0 bridgehead atoms. The quantitative estimate of drug-likeness (QED) is 0.637. The van der Waals surface area contributed by atoms with E-state index in [-0.39, 0.29) is 12.3 Å². The van der Waals surface area contributed by atoms with Crippen LogP contribution in [0.3, 0.4) is 0 Å². The number of amides is 5. The molecule has 0 saturated carbocycles. The highest BCUT2D eigenvalue weighted by molar-refractivity contribution is 6.48. The van der Waals surface area contributed by atoms with E-state index in [4.69, 9.17) is 0 Å². The summed E-state index contributed by atoms with van der Waals surface area (Å²) in [4.78, 5) is 51.5. The normalized spacial score (nSPS) is 22.9. The van der Waals surface area contributed by atoms with Crippen molar-refractivity contribution in [3.8, 4) is 0 Å². The van der Waals surface area contributed by atoms with Crippen molar-refractivity contribution in [3.05, 3.63) is 24.4 Å². The molecule has 2 aliphatic heterocycles. The average molecular weight is 276 g/mol. The minimum absolute atomic E-state index is 0.00885. The predicted octanol–water partition coefficient (Wildman–Crippen LogP) is -0.906. The van der Waals surface area contributed by atoms with Gasteiger partial charge in [0, 0.05) is 12.7 Å². The van der Waals surface area contributed by atoms with Crippen LogP contribution in [-0.2, 0) is 14.4 Å². The molecule has 0 atom stereocenters. The molecule has 0 radical (unpaired) electrons. The highest BCUT2D eigenvalue weighted by Gasteiger charge is 2.45. The number of carbonyl (C=O) groups is 4. The van der Waals surface area contributed by atoms with E-state index in [1.54, 1.807) is 13.0 Å². The Bertz CT molecular complexity index is 570. The first-order chi connectivity index (χ1) is 9.45. The van der Waals surface area contributed by atoms with Crippen LogP contribution in [0.2, 0.25) is 0 Å². The van der Waals surface area contributed by atoms with E-state index in [1.165, 1.54) is 6.20 Å². The molecule has 0 aliphatic carbocycles. The Morgan fingerprint density at radius 3 is 2.40 bits per heavy atom. The molecule has 2 aliphatic rings. The van der Waals surface area contributed by atoms with Crippen LogP contribution in [0.25, 0.3) is 0 Å². The molecule has 0 unspecified atom stereocenters. The number of imide groups is 2. The first-order valence-electron chi connectivity index (χ1n) is 5.79. The van der Waals surface area contributed by atoms with Crippen molar-refractivity contribution in [2.24, 2.45) is 4.99 Å². The van der Waals surface area contributed by atoms with Crippen LogP contribution in [0.15, 0.2) is 29.4 Å². The Hall–Kier alpha value is -2.77. The molecule has 104 valence electrons. The summed E-state index contributed by atoms with van der Waals surface area (Å²) < 4.78 is 0. The van der Waals surface area contributed by atoms with Gasteiger partial charge in [-0.1, -0.05) is 12.7 Å². The molecule has 0 aromatic heterocycles. The molecule has 0 aromatic rings. The zero-order chi connectivity index (χ0) is 14.9. The number of aliphatic imine (C=N–C) groups is 1. The highest BCUT2D eigenvalue weighted by atomic mass is 16.2. The van der Waals surface area contributed by atoms with Crippen LogP contribution >= 0.6 is 0 Å². The number of carbonyl (C=O) groups excluding carboxylic acids is 4. The van der Waals surface area contributed by atoms with Crippen molar-refractivity contribution < 1.29 is 19.2 Å². The summed E-state index contributed by atoms with van der Waals surface area (Å²) in [5, 5.41) is 3.89. The van der Waals surface area contributed by atoms with E-state index in [1.807, 2.05) is 10.6 Å². The Kier molecular flexibility index (Phi) is 3.47. The maximum absolute atomic E-state index is 12.1. The molecule has 0 spiro atoms. The molecule has 2 rings (SSSR count). The summed E-state index contributed by atoms with van der Waals surface area (Å²) in [6.07, 6.45) is 3.06. The van der Waals surface area contributed by atoms with E-state index < -0.39 is 29.8 Å². The summed E-state index contributed by atoms with van der Waals surface area (Å²) in [6.45, 7) is 5.43. The first-order valence-corrected chi connectivity index (χ1v) is 5.79. The second-order valence-corrected chi connectivity index (χ2v) is 4.21. The number of urea groups is 1. The van der Waals surface area contributed by atoms with Gasteiger partial charge >= 0.3 is 6.03 Å². The molecule has 8 heteroatoms. The Morgan fingerprint density at radius 1 is 1.25 bits per heavy atom. The van der Waals surface area contributed by atoms with Gasteiger partial charge in [-0.25, -0.2) is 4.79 Å². The largest absolute Gasteiger partial charge is 0.328 e. The third kappa shape index (κ3) is 2.22. The van der Waals surface area contributed by atoms with Crippen molar-refractivity contribution in [1.29, 1.82) is 0 Å². The van der Waals surface area contributed by atoms with Gasteiger partial charge in [-0.15, -0.1) is 0 Å². The second kappa shape index (κ2) is 5.08. The molecule has 8 nitrogen and oxygen atoms in total. The lowest BCUT2D eigenvalue weighted by atomic mass is 10.2. The molecule has 5 amide bonds. The van der Waals surface area contributed by atoms with Gasteiger partial charge in [0.15, 0.2) is 6.04 Å². The summed E-state index contributed by atoms with van der Waals surface area (Å²) in [7, 11) is 0. The SMILES string of the molecule is C=C1CN(C2C(=O)NC(=O)NC2=O)C(=O)C1=N/C=C\C. The van der Waals surface area contributed by atoms with E-state index >= 15 is 0 Å². The van der Waals surface area contributed by atoms with Crippen molar-refractivity contribution in [3.63, 3.8) is 0 Å². The predicted molar refractivity (Wildman–Crippen MR) is 68.6 cm³/mol. The average Bonchev–Trinajstić information content (AvgIpc) is 2.62. The van der Waals surface area contributed by atoms with Crippen LogP contribution < -0.4 is 10.6 Å². The van der Waals surface area contributed by atoms with Crippen molar-refractivity contribution in [2.45, 2.75) is 13.0 Å². The zero-order valence-electron chi connectivity index (χ0n) is 10.7. The maximum Gasteiger partial charge on any atom is 0.328 e. The van der Waals surface area contributed by atoms with Crippen molar-refractivity contribution in [1.82, 2.24) is 15.5 Å². The number of hydrogen-bond acceptors (Lipinski definition) is 5. The standard InChI is InChI=1S/C12H12N4O4/c1-3-4-13-7-6(2)5-16(11(7)19)8-9(17)14-12(20)15-10(8)18/h3-4,8H,2,5H2,1H3,(H2,14,15,17,18,20)/b4-3-,13-7?. The third-order valence-electron chi connectivity index (χ3n) is 2.79. The Balaban J connectivity index is 2.29. The molecule has 0 aromatic carbocycles. The molecule has 2 heterocycles. The number of likely N-dealkylation sites (tertiary alicyclic amines) is 1. The van der Waals surface area contributed by atoms with Crippen molar-refractivity contribution in [2.75, 3.05) is 6.54 Å². The zero-order valence-corrected chi connectivity index (χ0v) is 10.7. The van der Waals surface area contributed by atoms with Crippen LogP contribution in [0.1, 0.15) is 6.92 Å². The van der Waals surface area contributed by atoms with Crippen LogP contribution in [0, 0.1) is 0 Å². The van der Waals surface area contributed by atoms with Gasteiger partial charge in [-0.2, -0.15) is 0 Å². The fraction of sp³-hybridized carbons (Fsp3) is 0.250. The molecular weight excluding hydrogens is 264 g/mol. The van der Waals surface area contributed by atoms with Gasteiger partial charge in [-0.3, -0.25) is 30.0 Å². The number of rotatable bonds is 2. The number of allylic oxidation sites excluding steroid dienone is 1. The Labute approximate surface area is 114 Å². The van der Waals surface area contributed by atoms with Gasteiger partial charge in [0.2, 0.25) is 0 Å². The lowest BCUT2D eigenvalue weighted by molar-refractivity contribution is -0.143.